The number of phenols is 1. The zero-order valence-corrected chi connectivity index (χ0v) is 11.7. The summed E-state index contributed by atoms with van der Waals surface area (Å²) in [6.07, 6.45) is 1.89. The Morgan fingerprint density at radius 1 is 1.50 bits per heavy atom. The summed E-state index contributed by atoms with van der Waals surface area (Å²) < 4.78 is 0. The predicted molar refractivity (Wildman–Crippen MR) is 74.2 cm³/mol. The molecule has 0 aromatic heterocycles. The monoisotopic (exact) mass is 269 g/mol. The van der Waals surface area contributed by atoms with Crippen molar-refractivity contribution in [2.45, 2.75) is 19.4 Å². The first-order chi connectivity index (χ1) is 8.35. The maximum Gasteiger partial charge on any atom is 0.255 e. The molecule has 0 heterocycles. The summed E-state index contributed by atoms with van der Waals surface area (Å²) >= 11 is 1.51. The van der Waals surface area contributed by atoms with Gasteiger partial charge in [0.1, 0.15) is 5.75 Å². The van der Waals surface area contributed by atoms with Crippen LogP contribution in [0.2, 0.25) is 0 Å². The van der Waals surface area contributed by atoms with E-state index in [0.717, 1.165) is 5.56 Å². The second-order valence-electron chi connectivity index (χ2n) is 4.63. The average Bonchev–Trinajstić information content (AvgIpc) is 2.29. The van der Waals surface area contributed by atoms with E-state index in [1.165, 1.54) is 17.8 Å². The average molecular weight is 269 g/mol. The zero-order valence-electron chi connectivity index (χ0n) is 10.9. The van der Waals surface area contributed by atoms with Crippen molar-refractivity contribution in [3.05, 3.63) is 29.3 Å². The molecule has 18 heavy (non-hydrogen) atoms. The molecule has 0 saturated heterocycles. The molecule has 1 aromatic rings. The number of hydrogen-bond donors (Lipinski definition) is 3. The zero-order chi connectivity index (χ0) is 13.8. The van der Waals surface area contributed by atoms with E-state index >= 15 is 0 Å². The number of amides is 1. The molecule has 1 aromatic carbocycles. The fourth-order valence-corrected chi connectivity index (χ4v) is 2.28. The Hall–Kier alpha value is -1.20. The number of rotatable bonds is 5. The Morgan fingerprint density at radius 3 is 2.78 bits per heavy atom. The molecule has 5 heteroatoms. The molecule has 0 saturated carbocycles. The Labute approximate surface area is 111 Å². The molecule has 0 aliphatic rings. The third-order valence-corrected chi connectivity index (χ3v) is 3.39. The standard InChI is InChI=1S/C13H19NO3S/c1-9-4-5-11(15)10(6-9)12(16)14-7-13(2,17)8-18-3/h4-6,15,17H,7-8H2,1-3H3,(H,14,16). The minimum atomic E-state index is -0.950. The summed E-state index contributed by atoms with van der Waals surface area (Å²) in [5, 5.41) is 22.2. The van der Waals surface area contributed by atoms with Gasteiger partial charge in [-0.05, 0) is 32.2 Å². The summed E-state index contributed by atoms with van der Waals surface area (Å²) in [6.45, 7) is 3.67. The van der Waals surface area contributed by atoms with Crippen molar-refractivity contribution in [3.63, 3.8) is 0 Å². The SMILES string of the molecule is CSCC(C)(O)CNC(=O)c1cc(C)ccc1O. The summed E-state index contributed by atoms with van der Waals surface area (Å²) in [4.78, 5) is 11.9. The quantitative estimate of drug-likeness (QED) is 0.758. The van der Waals surface area contributed by atoms with Gasteiger partial charge in [-0.15, -0.1) is 0 Å². The van der Waals surface area contributed by atoms with Crippen LogP contribution in [-0.2, 0) is 0 Å². The minimum absolute atomic E-state index is 0.0531. The number of aryl methyl sites for hydroxylation is 1. The van der Waals surface area contributed by atoms with Gasteiger partial charge in [0.05, 0.1) is 11.2 Å². The molecule has 0 aliphatic carbocycles. The molecule has 1 rings (SSSR count). The number of benzene rings is 1. The molecule has 0 bridgehead atoms. The van der Waals surface area contributed by atoms with Crippen LogP contribution in [0.1, 0.15) is 22.8 Å². The van der Waals surface area contributed by atoms with E-state index in [9.17, 15) is 15.0 Å². The molecule has 3 N–H and O–H groups in total. The van der Waals surface area contributed by atoms with Crippen LogP contribution >= 0.6 is 11.8 Å². The van der Waals surface area contributed by atoms with Gasteiger partial charge in [0, 0.05) is 12.3 Å². The van der Waals surface area contributed by atoms with Crippen molar-refractivity contribution >= 4 is 17.7 Å². The van der Waals surface area contributed by atoms with Crippen LogP contribution in [0, 0.1) is 6.92 Å². The number of carbonyl (C=O) groups is 1. The Kier molecular flexibility index (Phi) is 5.04. The van der Waals surface area contributed by atoms with Gasteiger partial charge in [0.25, 0.3) is 5.91 Å². The highest BCUT2D eigenvalue weighted by molar-refractivity contribution is 7.98. The second-order valence-corrected chi connectivity index (χ2v) is 5.50. The van der Waals surface area contributed by atoms with Crippen LogP contribution in [-0.4, -0.2) is 40.3 Å². The van der Waals surface area contributed by atoms with E-state index in [2.05, 4.69) is 5.32 Å². The normalized spacial score (nSPS) is 14.0. The Morgan fingerprint density at radius 2 is 2.17 bits per heavy atom. The lowest BCUT2D eigenvalue weighted by Gasteiger charge is -2.22. The molecule has 4 nitrogen and oxygen atoms in total. The van der Waals surface area contributed by atoms with Gasteiger partial charge >= 0.3 is 0 Å². The molecule has 1 amide bonds. The molecule has 0 aliphatic heterocycles. The molecule has 100 valence electrons. The van der Waals surface area contributed by atoms with Crippen molar-refractivity contribution < 1.29 is 15.0 Å². The van der Waals surface area contributed by atoms with Crippen LogP contribution in [0.4, 0.5) is 0 Å². The lowest BCUT2D eigenvalue weighted by Crippen LogP contribution is -2.42. The lowest BCUT2D eigenvalue weighted by atomic mass is 10.1. The number of thioether (sulfide) groups is 1. The topological polar surface area (TPSA) is 69.6 Å². The van der Waals surface area contributed by atoms with Gasteiger partial charge in [-0.2, -0.15) is 11.8 Å². The molecule has 1 atom stereocenters. The number of phenolic OH excluding ortho intramolecular Hbond substituents is 1. The highest BCUT2D eigenvalue weighted by atomic mass is 32.2. The third kappa shape index (κ3) is 4.23. The minimum Gasteiger partial charge on any atom is -0.507 e. The molecule has 0 fully saturated rings. The van der Waals surface area contributed by atoms with Crippen molar-refractivity contribution in [2.24, 2.45) is 0 Å². The van der Waals surface area contributed by atoms with Crippen LogP contribution in [0.3, 0.4) is 0 Å². The lowest BCUT2D eigenvalue weighted by molar-refractivity contribution is 0.0723. The summed E-state index contributed by atoms with van der Waals surface area (Å²) in [6, 6.07) is 4.84. The molecule has 1 unspecified atom stereocenters. The second kappa shape index (κ2) is 6.11. The largest absolute Gasteiger partial charge is 0.507 e. The van der Waals surface area contributed by atoms with Gasteiger partial charge in [0.2, 0.25) is 0 Å². The highest BCUT2D eigenvalue weighted by Crippen LogP contribution is 2.18. The molecule has 0 radical (unpaired) electrons. The van der Waals surface area contributed by atoms with Crippen LogP contribution in [0.15, 0.2) is 18.2 Å². The van der Waals surface area contributed by atoms with Crippen molar-refractivity contribution in [2.75, 3.05) is 18.6 Å². The maximum atomic E-state index is 11.9. The van der Waals surface area contributed by atoms with E-state index in [-0.39, 0.29) is 23.8 Å². The van der Waals surface area contributed by atoms with E-state index in [1.54, 1.807) is 19.1 Å². The van der Waals surface area contributed by atoms with E-state index in [0.29, 0.717) is 5.75 Å². The third-order valence-electron chi connectivity index (χ3n) is 2.48. The fourth-order valence-electron chi connectivity index (χ4n) is 1.56. The van der Waals surface area contributed by atoms with E-state index < -0.39 is 5.60 Å². The van der Waals surface area contributed by atoms with Crippen LogP contribution in [0.25, 0.3) is 0 Å². The fraction of sp³-hybridized carbons (Fsp3) is 0.462. The highest BCUT2D eigenvalue weighted by Gasteiger charge is 2.21. The predicted octanol–water partition coefficient (Wildman–Crippen LogP) is 1.54. The van der Waals surface area contributed by atoms with Gasteiger partial charge < -0.3 is 15.5 Å². The number of aromatic hydroxyl groups is 1. The molecule has 0 spiro atoms. The number of aliphatic hydroxyl groups is 1. The summed E-state index contributed by atoms with van der Waals surface area (Å²) in [5.41, 5.74) is 0.179. The van der Waals surface area contributed by atoms with Crippen molar-refractivity contribution in [3.8, 4) is 5.75 Å². The first kappa shape index (κ1) is 14.9. The Balaban J connectivity index is 2.69. The van der Waals surface area contributed by atoms with Crippen LogP contribution < -0.4 is 5.32 Å². The number of hydrogen-bond acceptors (Lipinski definition) is 4. The van der Waals surface area contributed by atoms with Gasteiger partial charge in [-0.3, -0.25) is 4.79 Å². The van der Waals surface area contributed by atoms with Gasteiger partial charge in [0.15, 0.2) is 0 Å². The smallest absolute Gasteiger partial charge is 0.255 e. The number of nitrogens with one attached hydrogen (secondary N) is 1. The Bertz CT molecular complexity index is 432. The molecular weight excluding hydrogens is 250 g/mol. The summed E-state index contributed by atoms with van der Waals surface area (Å²) in [7, 11) is 0. The van der Waals surface area contributed by atoms with Crippen molar-refractivity contribution in [1.29, 1.82) is 0 Å². The van der Waals surface area contributed by atoms with Crippen LogP contribution in [0.5, 0.6) is 5.75 Å². The van der Waals surface area contributed by atoms with E-state index in [1.807, 2.05) is 13.2 Å². The molecular formula is C13H19NO3S. The van der Waals surface area contributed by atoms with E-state index in [4.69, 9.17) is 0 Å². The van der Waals surface area contributed by atoms with Gasteiger partial charge in [-0.1, -0.05) is 11.6 Å². The van der Waals surface area contributed by atoms with Crippen molar-refractivity contribution in [1.82, 2.24) is 5.32 Å². The number of carbonyl (C=O) groups excluding carboxylic acids is 1. The summed E-state index contributed by atoms with van der Waals surface area (Å²) in [5.74, 6) is 0.104. The first-order valence-electron chi connectivity index (χ1n) is 5.65. The first-order valence-corrected chi connectivity index (χ1v) is 7.04. The van der Waals surface area contributed by atoms with Gasteiger partial charge in [-0.25, -0.2) is 0 Å². The maximum absolute atomic E-state index is 11.9.